The fourth-order valence-corrected chi connectivity index (χ4v) is 1.63. The Morgan fingerprint density at radius 3 is 2.71 bits per heavy atom. The number of unbranched alkanes of at least 4 members (excludes halogenated alkanes) is 2. The van der Waals surface area contributed by atoms with Crippen LogP contribution in [0.15, 0.2) is 12.7 Å². The van der Waals surface area contributed by atoms with Gasteiger partial charge in [0.05, 0.1) is 13.2 Å². The first-order valence-corrected chi connectivity index (χ1v) is 6.34. The third-order valence-electron chi connectivity index (χ3n) is 2.46. The highest BCUT2D eigenvalue weighted by Gasteiger charge is 2.03. The van der Waals surface area contributed by atoms with Gasteiger partial charge in [-0.1, -0.05) is 12.5 Å². The van der Waals surface area contributed by atoms with E-state index in [2.05, 4.69) is 11.5 Å². The Kier molecular flexibility index (Phi) is 11.0. The molecule has 1 N–H and O–H groups in total. The van der Waals surface area contributed by atoms with Crippen LogP contribution in [0.3, 0.4) is 0 Å². The first-order valence-electron chi connectivity index (χ1n) is 6.34. The van der Waals surface area contributed by atoms with E-state index < -0.39 is 0 Å². The number of hydrogen-bond donors (Lipinski definition) is 1. The maximum absolute atomic E-state index is 11.1. The van der Waals surface area contributed by atoms with Gasteiger partial charge in [0.1, 0.15) is 0 Å². The van der Waals surface area contributed by atoms with Crippen molar-refractivity contribution in [2.24, 2.45) is 0 Å². The van der Waals surface area contributed by atoms with Crippen molar-refractivity contribution in [1.29, 1.82) is 0 Å². The lowest BCUT2D eigenvalue weighted by Gasteiger charge is -2.18. The average molecular weight is 243 g/mol. The highest BCUT2D eigenvalue weighted by molar-refractivity contribution is 5.69. The minimum absolute atomic E-state index is 0.106. The molecule has 0 saturated carbocycles. The van der Waals surface area contributed by atoms with Gasteiger partial charge < -0.3 is 9.84 Å². The van der Waals surface area contributed by atoms with Crippen molar-refractivity contribution >= 4 is 5.97 Å². The van der Waals surface area contributed by atoms with Gasteiger partial charge in [0.25, 0.3) is 0 Å². The van der Waals surface area contributed by atoms with Crippen LogP contribution in [0, 0.1) is 0 Å². The molecule has 0 heterocycles. The van der Waals surface area contributed by atoms with Gasteiger partial charge >= 0.3 is 5.97 Å². The largest absolute Gasteiger partial charge is 0.466 e. The number of rotatable bonds is 11. The molecule has 17 heavy (non-hydrogen) atoms. The predicted octanol–water partition coefficient (Wildman–Crippen LogP) is 1.59. The molecule has 0 spiro atoms. The second kappa shape index (κ2) is 11.6. The highest BCUT2D eigenvalue weighted by Crippen LogP contribution is 2.03. The molecule has 0 atom stereocenters. The summed E-state index contributed by atoms with van der Waals surface area (Å²) < 4.78 is 4.85. The van der Waals surface area contributed by atoms with Gasteiger partial charge in [-0.2, -0.15) is 0 Å². The second-order valence-corrected chi connectivity index (χ2v) is 3.93. The van der Waals surface area contributed by atoms with Crippen LogP contribution < -0.4 is 0 Å². The van der Waals surface area contributed by atoms with Crippen LogP contribution >= 0.6 is 0 Å². The Morgan fingerprint density at radius 1 is 1.35 bits per heavy atom. The van der Waals surface area contributed by atoms with Crippen molar-refractivity contribution in [3.8, 4) is 0 Å². The van der Waals surface area contributed by atoms with Crippen molar-refractivity contribution in [2.75, 3.05) is 32.8 Å². The monoisotopic (exact) mass is 243 g/mol. The quantitative estimate of drug-likeness (QED) is 0.340. The van der Waals surface area contributed by atoms with Crippen LogP contribution in [0.4, 0.5) is 0 Å². The minimum atomic E-state index is -0.106. The second-order valence-electron chi connectivity index (χ2n) is 3.93. The Bertz CT molecular complexity index is 207. The number of carbonyl (C=O) groups is 1. The molecule has 0 aromatic carbocycles. The summed E-state index contributed by atoms with van der Waals surface area (Å²) in [5.41, 5.74) is 0. The topological polar surface area (TPSA) is 49.8 Å². The molecule has 4 nitrogen and oxygen atoms in total. The first-order chi connectivity index (χ1) is 8.24. The summed E-state index contributed by atoms with van der Waals surface area (Å²) in [5.74, 6) is -0.106. The Morgan fingerprint density at radius 2 is 2.12 bits per heavy atom. The molecule has 4 heteroatoms. The van der Waals surface area contributed by atoms with E-state index in [4.69, 9.17) is 9.84 Å². The lowest BCUT2D eigenvalue weighted by Crippen LogP contribution is -2.28. The normalized spacial score (nSPS) is 10.5. The number of nitrogens with zero attached hydrogens (tertiary/aromatic N) is 1. The van der Waals surface area contributed by atoms with Gasteiger partial charge in [0, 0.05) is 19.5 Å². The fraction of sp³-hybridized carbons (Fsp3) is 0.769. The van der Waals surface area contributed by atoms with Crippen LogP contribution in [0.5, 0.6) is 0 Å². The maximum Gasteiger partial charge on any atom is 0.305 e. The molecule has 0 radical (unpaired) electrons. The van der Waals surface area contributed by atoms with Gasteiger partial charge in [0.15, 0.2) is 0 Å². The van der Waals surface area contributed by atoms with Crippen LogP contribution in [-0.4, -0.2) is 48.8 Å². The summed E-state index contributed by atoms with van der Waals surface area (Å²) >= 11 is 0. The highest BCUT2D eigenvalue weighted by atomic mass is 16.5. The van der Waals surface area contributed by atoms with Crippen LogP contribution in [0.25, 0.3) is 0 Å². The lowest BCUT2D eigenvalue weighted by atomic mass is 10.2. The molecule has 0 bridgehead atoms. The molecular weight excluding hydrogens is 218 g/mol. The molecule has 0 rings (SSSR count). The van der Waals surface area contributed by atoms with Gasteiger partial charge in [-0.3, -0.25) is 9.69 Å². The fourth-order valence-electron chi connectivity index (χ4n) is 1.63. The summed E-state index contributed by atoms with van der Waals surface area (Å²) in [6, 6.07) is 0. The third-order valence-corrected chi connectivity index (χ3v) is 2.46. The third kappa shape index (κ3) is 10.0. The minimum Gasteiger partial charge on any atom is -0.466 e. The van der Waals surface area contributed by atoms with E-state index in [-0.39, 0.29) is 12.6 Å². The standard InChI is InChI=1S/C13H25NO3/c1-3-9-14(11-12-15)10-7-5-6-8-13(16)17-4-2/h3,15H,1,4-12H2,2H3. The van der Waals surface area contributed by atoms with E-state index in [0.717, 1.165) is 32.4 Å². The van der Waals surface area contributed by atoms with E-state index in [1.54, 1.807) is 0 Å². The summed E-state index contributed by atoms with van der Waals surface area (Å²) in [7, 11) is 0. The zero-order valence-electron chi connectivity index (χ0n) is 10.9. The smallest absolute Gasteiger partial charge is 0.305 e. The van der Waals surface area contributed by atoms with Gasteiger partial charge in [0.2, 0.25) is 0 Å². The summed E-state index contributed by atoms with van der Waals surface area (Å²) in [5, 5.41) is 8.86. The summed E-state index contributed by atoms with van der Waals surface area (Å²) in [6.07, 6.45) is 5.27. The Labute approximate surface area is 104 Å². The zero-order chi connectivity index (χ0) is 12.9. The molecule has 0 aromatic heterocycles. The lowest BCUT2D eigenvalue weighted by molar-refractivity contribution is -0.143. The van der Waals surface area contributed by atoms with Gasteiger partial charge in [-0.25, -0.2) is 0 Å². The SMILES string of the molecule is C=CCN(CCO)CCCCCC(=O)OCC. The number of ether oxygens (including phenoxy) is 1. The van der Waals surface area contributed by atoms with E-state index in [0.29, 0.717) is 19.6 Å². The van der Waals surface area contributed by atoms with Gasteiger partial charge in [-0.05, 0) is 26.3 Å². The van der Waals surface area contributed by atoms with Crippen molar-refractivity contribution in [3.63, 3.8) is 0 Å². The van der Waals surface area contributed by atoms with E-state index in [9.17, 15) is 4.79 Å². The number of esters is 1. The molecule has 0 saturated heterocycles. The molecule has 0 aromatic rings. The molecule has 0 aliphatic carbocycles. The van der Waals surface area contributed by atoms with Crippen molar-refractivity contribution in [3.05, 3.63) is 12.7 Å². The van der Waals surface area contributed by atoms with Crippen molar-refractivity contribution < 1.29 is 14.6 Å². The van der Waals surface area contributed by atoms with Crippen molar-refractivity contribution in [1.82, 2.24) is 4.90 Å². The van der Waals surface area contributed by atoms with Crippen LogP contribution in [0.2, 0.25) is 0 Å². The Balaban J connectivity index is 3.47. The molecular formula is C13H25NO3. The number of aliphatic hydroxyl groups is 1. The van der Waals surface area contributed by atoms with Gasteiger partial charge in [-0.15, -0.1) is 6.58 Å². The van der Waals surface area contributed by atoms with E-state index in [1.807, 2.05) is 13.0 Å². The first kappa shape index (κ1) is 16.1. The molecule has 0 amide bonds. The average Bonchev–Trinajstić information content (AvgIpc) is 2.29. The maximum atomic E-state index is 11.1. The van der Waals surface area contributed by atoms with Crippen LogP contribution in [-0.2, 0) is 9.53 Å². The number of aliphatic hydroxyl groups excluding tert-OH is 1. The Hall–Kier alpha value is -0.870. The van der Waals surface area contributed by atoms with E-state index in [1.165, 1.54) is 0 Å². The molecule has 0 unspecified atom stereocenters. The van der Waals surface area contributed by atoms with Crippen molar-refractivity contribution in [2.45, 2.75) is 32.6 Å². The molecule has 0 aliphatic rings. The summed E-state index contributed by atoms with van der Waals surface area (Å²) in [6.45, 7) is 8.57. The number of hydrogen-bond acceptors (Lipinski definition) is 4. The van der Waals surface area contributed by atoms with Crippen LogP contribution in [0.1, 0.15) is 32.6 Å². The predicted molar refractivity (Wildman–Crippen MR) is 68.8 cm³/mol. The number of carbonyl (C=O) groups excluding carboxylic acids is 1. The molecule has 0 aliphatic heterocycles. The zero-order valence-corrected chi connectivity index (χ0v) is 10.9. The van der Waals surface area contributed by atoms with E-state index >= 15 is 0 Å². The summed E-state index contributed by atoms with van der Waals surface area (Å²) in [4.78, 5) is 13.2. The molecule has 100 valence electrons. The molecule has 0 fully saturated rings.